The first-order chi connectivity index (χ1) is 16.0. The van der Waals surface area contributed by atoms with Crippen LogP contribution in [-0.2, 0) is 35.1 Å². The van der Waals surface area contributed by atoms with Crippen molar-refractivity contribution in [2.45, 2.75) is 44.2 Å². The molecule has 0 bridgehead atoms. The van der Waals surface area contributed by atoms with Gasteiger partial charge in [0.05, 0.1) is 12.2 Å². The van der Waals surface area contributed by atoms with Crippen LogP contribution in [0.15, 0.2) is 65.8 Å². The quantitative estimate of drug-likeness (QED) is 0.245. The van der Waals surface area contributed by atoms with Crippen LogP contribution in [-0.4, -0.2) is 56.3 Å². The van der Waals surface area contributed by atoms with Crippen molar-refractivity contribution < 1.29 is 33.3 Å². The Balaban J connectivity index is 1.79. The van der Waals surface area contributed by atoms with Crippen molar-refractivity contribution in [1.82, 2.24) is 0 Å². The predicted octanol–water partition coefficient (Wildman–Crippen LogP) is 3.41. The van der Waals surface area contributed by atoms with Gasteiger partial charge < -0.3 is 23.7 Å². The molecule has 1 fully saturated rings. The van der Waals surface area contributed by atoms with Gasteiger partial charge in [0.15, 0.2) is 6.29 Å². The molecule has 1 heterocycles. The van der Waals surface area contributed by atoms with Gasteiger partial charge in [0, 0.05) is 18.9 Å². The number of azide groups is 1. The Morgan fingerprint density at radius 2 is 1.73 bits per heavy atom. The molecule has 1 aliphatic rings. The van der Waals surface area contributed by atoms with E-state index in [1.165, 1.54) is 14.0 Å². The molecule has 0 saturated carbocycles. The van der Waals surface area contributed by atoms with E-state index in [0.717, 1.165) is 5.56 Å². The van der Waals surface area contributed by atoms with Crippen LogP contribution in [0.25, 0.3) is 10.4 Å². The number of ether oxygens (including phenoxy) is 5. The Bertz CT molecular complexity index is 967. The van der Waals surface area contributed by atoms with Crippen molar-refractivity contribution in [2.24, 2.45) is 5.11 Å². The zero-order valence-electron chi connectivity index (χ0n) is 18.3. The van der Waals surface area contributed by atoms with Crippen molar-refractivity contribution in [2.75, 3.05) is 13.7 Å². The van der Waals surface area contributed by atoms with Crippen molar-refractivity contribution in [1.29, 1.82) is 0 Å². The van der Waals surface area contributed by atoms with Gasteiger partial charge in [-0.1, -0.05) is 53.6 Å². The number of hydrogen-bond acceptors (Lipinski definition) is 8. The van der Waals surface area contributed by atoms with Gasteiger partial charge in [0.25, 0.3) is 0 Å². The SMILES string of the molecule is CO[C@H]1OC(COC(=O)c2ccccc2)[C@H](OC(C)=O)[C@H](N=[N+]=[N-])C1OCc1ccccc1. The molecule has 0 amide bonds. The van der Waals surface area contributed by atoms with E-state index in [1.807, 2.05) is 30.3 Å². The van der Waals surface area contributed by atoms with Crippen molar-refractivity contribution in [3.63, 3.8) is 0 Å². The lowest BCUT2D eigenvalue weighted by molar-refractivity contribution is -0.281. The van der Waals surface area contributed by atoms with Crippen LogP contribution in [0.2, 0.25) is 0 Å². The van der Waals surface area contributed by atoms with E-state index in [2.05, 4.69) is 10.0 Å². The number of methoxy groups -OCH3 is 1. The first kappa shape index (κ1) is 24.2. The van der Waals surface area contributed by atoms with Crippen LogP contribution in [0.3, 0.4) is 0 Å². The molecule has 3 rings (SSSR count). The monoisotopic (exact) mass is 455 g/mol. The summed E-state index contributed by atoms with van der Waals surface area (Å²) in [5, 5.41) is 3.82. The zero-order valence-corrected chi connectivity index (χ0v) is 18.3. The highest BCUT2D eigenvalue weighted by Gasteiger charge is 2.49. The van der Waals surface area contributed by atoms with Crippen LogP contribution in [0.4, 0.5) is 0 Å². The molecular weight excluding hydrogens is 430 g/mol. The van der Waals surface area contributed by atoms with Crippen LogP contribution in [0, 0.1) is 0 Å². The number of esters is 2. The first-order valence-corrected chi connectivity index (χ1v) is 10.3. The Kier molecular flexibility index (Phi) is 8.79. The molecule has 0 aromatic heterocycles. The van der Waals surface area contributed by atoms with Crippen LogP contribution >= 0.6 is 0 Å². The number of benzene rings is 2. The van der Waals surface area contributed by atoms with Gasteiger partial charge in [-0.25, -0.2) is 4.79 Å². The van der Waals surface area contributed by atoms with Gasteiger partial charge >= 0.3 is 11.9 Å². The average molecular weight is 455 g/mol. The van der Waals surface area contributed by atoms with E-state index in [1.54, 1.807) is 30.3 Å². The highest BCUT2D eigenvalue weighted by molar-refractivity contribution is 5.89. The van der Waals surface area contributed by atoms with E-state index in [4.69, 9.17) is 23.7 Å². The van der Waals surface area contributed by atoms with E-state index < -0.39 is 42.6 Å². The van der Waals surface area contributed by atoms with Crippen LogP contribution in [0.1, 0.15) is 22.8 Å². The Morgan fingerprint density at radius 1 is 1.06 bits per heavy atom. The molecule has 0 spiro atoms. The maximum Gasteiger partial charge on any atom is 0.338 e. The lowest BCUT2D eigenvalue weighted by Crippen LogP contribution is -2.60. The smallest absolute Gasteiger partial charge is 0.338 e. The number of hydrogen-bond donors (Lipinski definition) is 0. The average Bonchev–Trinajstić information content (AvgIpc) is 2.84. The van der Waals surface area contributed by atoms with Crippen molar-refractivity contribution in [3.05, 3.63) is 82.2 Å². The van der Waals surface area contributed by atoms with E-state index in [0.29, 0.717) is 5.56 Å². The third-order valence-electron chi connectivity index (χ3n) is 5.01. The Labute approximate surface area is 191 Å². The van der Waals surface area contributed by atoms with Crippen molar-refractivity contribution >= 4 is 11.9 Å². The normalized spacial score (nSPS) is 24.4. The summed E-state index contributed by atoms with van der Waals surface area (Å²) in [6, 6.07) is 16.8. The molecule has 33 heavy (non-hydrogen) atoms. The van der Waals surface area contributed by atoms with Gasteiger partial charge in [0.2, 0.25) is 0 Å². The fourth-order valence-corrected chi connectivity index (χ4v) is 3.51. The molecule has 10 heteroatoms. The molecule has 1 aliphatic heterocycles. The molecule has 10 nitrogen and oxygen atoms in total. The second-order valence-electron chi connectivity index (χ2n) is 7.27. The largest absolute Gasteiger partial charge is 0.459 e. The summed E-state index contributed by atoms with van der Waals surface area (Å²) in [5.74, 6) is -1.18. The van der Waals surface area contributed by atoms with Gasteiger partial charge in [0.1, 0.15) is 31.0 Å². The van der Waals surface area contributed by atoms with Gasteiger partial charge in [-0.3, -0.25) is 4.79 Å². The summed E-state index contributed by atoms with van der Waals surface area (Å²) in [4.78, 5) is 27.1. The van der Waals surface area contributed by atoms with E-state index in [9.17, 15) is 15.1 Å². The topological polar surface area (TPSA) is 129 Å². The summed E-state index contributed by atoms with van der Waals surface area (Å²) in [5.41, 5.74) is 10.4. The number of carbonyl (C=O) groups is 2. The highest BCUT2D eigenvalue weighted by atomic mass is 16.7. The number of carbonyl (C=O) groups excluding carboxylic acids is 2. The minimum Gasteiger partial charge on any atom is -0.459 e. The van der Waals surface area contributed by atoms with Crippen LogP contribution < -0.4 is 0 Å². The molecule has 0 radical (unpaired) electrons. The molecule has 2 unspecified atom stereocenters. The Hall–Kier alpha value is -3.43. The standard InChI is InChI=1S/C23H25N3O7/c1-15(27)32-20-18(14-31-22(28)17-11-7-4-8-12-17)33-23(29-2)21(19(20)25-26-24)30-13-16-9-5-3-6-10-16/h3-12,18-21,23H,13-14H2,1-2H3/t18?,19-,20-,21?,23-/m0/s1. The first-order valence-electron chi connectivity index (χ1n) is 10.3. The minimum atomic E-state index is -1.06. The van der Waals surface area contributed by atoms with E-state index in [-0.39, 0.29) is 13.2 Å². The lowest BCUT2D eigenvalue weighted by atomic mass is 9.96. The predicted molar refractivity (Wildman–Crippen MR) is 116 cm³/mol. The summed E-state index contributed by atoms with van der Waals surface area (Å²) in [6.07, 6.45) is -3.85. The Morgan fingerprint density at radius 3 is 2.33 bits per heavy atom. The molecule has 0 aliphatic carbocycles. The third-order valence-corrected chi connectivity index (χ3v) is 5.01. The van der Waals surface area contributed by atoms with Gasteiger partial charge in [-0.2, -0.15) is 0 Å². The molecular formula is C23H25N3O7. The number of nitrogens with zero attached hydrogens (tertiary/aromatic N) is 3. The summed E-state index contributed by atoms with van der Waals surface area (Å²) in [7, 11) is 1.41. The van der Waals surface area contributed by atoms with Crippen LogP contribution in [0.5, 0.6) is 0 Å². The molecule has 0 N–H and O–H groups in total. The van der Waals surface area contributed by atoms with Crippen molar-refractivity contribution in [3.8, 4) is 0 Å². The molecule has 1 saturated heterocycles. The second kappa shape index (κ2) is 12.0. The second-order valence-corrected chi connectivity index (χ2v) is 7.27. The summed E-state index contributed by atoms with van der Waals surface area (Å²) in [6.45, 7) is 1.16. The van der Waals surface area contributed by atoms with Gasteiger partial charge in [-0.05, 0) is 23.2 Å². The minimum absolute atomic E-state index is 0.187. The fraction of sp³-hybridized carbons (Fsp3) is 0.391. The molecule has 2 aromatic carbocycles. The zero-order chi connectivity index (χ0) is 23.6. The maximum atomic E-state index is 12.4. The number of rotatable bonds is 9. The summed E-state index contributed by atoms with van der Waals surface area (Å²) >= 11 is 0. The molecule has 5 atom stereocenters. The fourth-order valence-electron chi connectivity index (χ4n) is 3.51. The lowest BCUT2D eigenvalue weighted by Gasteiger charge is -2.43. The molecule has 174 valence electrons. The summed E-state index contributed by atoms with van der Waals surface area (Å²) < 4.78 is 28.1. The third kappa shape index (κ3) is 6.53. The molecule has 2 aromatic rings. The maximum absolute atomic E-state index is 12.4. The van der Waals surface area contributed by atoms with Gasteiger partial charge in [-0.15, -0.1) is 0 Å². The van der Waals surface area contributed by atoms with E-state index >= 15 is 0 Å². The highest BCUT2D eigenvalue weighted by Crippen LogP contribution is 2.30.